The molecule has 1 N–H and O–H groups in total. The summed E-state index contributed by atoms with van der Waals surface area (Å²) >= 11 is 0. The Balaban J connectivity index is 2.77. The van der Waals surface area contributed by atoms with E-state index in [1.54, 1.807) is 14.0 Å². The van der Waals surface area contributed by atoms with Gasteiger partial charge in [-0.2, -0.15) is 0 Å². The number of aliphatic hydroxyl groups is 1. The fourth-order valence-corrected chi connectivity index (χ4v) is 1.50. The van der Waals surface area contributed by atoms with Crippen LogP contribution in [0.25, 0.3) is 0 Å². The Morgan fingerprint density at radius 2 is 2.22 bits per heavy atom. The van der Waals surface area contributed by atoms with Gasteiger partial charge in [-0.3, -0.25) is 4.79 Å². The van der Waals surface area contributed by atoms with Gasteiger partial charge >= 0.3 is 0 Å². The van der Waals surface area contributed by atoms with Gasteiger partial charge in [0.05, 0.1) is 13.2 Å². The summed E-state index contributed by atoms with van der Waals surface area (Å²) in [7, 11) is 2.99. The van der Waals surface area contributed by atoms with E-state index in [0.717, 1.165) is 0 Å². The second kappa shape index (κ2) is 6.35. The van der Waals surface area contributed by atoms with E-state index in [2.05, 4.69) is 0 Å². The molecule has 0 saturated carbocycles. The molecule has 1 atom stereocenters. The maximum Gasteiger partial charge on any atom is 0.253 e. The van der Waals surface area contributed by atoms with Crippen LogP contribution in [0, 0.1) is 5.82 Å². The molecule has 0 aliphatic carbocycles. The first kappa shape index (κ1) is 14.4. The minimum absolute atomic E-state index is 0.0461. The standard InChI is InChI=1S/C13H18FNO3/c1-9(16)6-7-15(2)13(17)10-4-5-11(14)12(8-10)18-3/h4-5,8-9,16H,6-7H2,1-3H3. The zero-order valence-corrected chi connectivity index (χ0v) is 10.8. The molecule has 0 aromatic heterocycles. The number of halogens is 1. The quantitative estimate of drug-likeness (QED) is 0.870. The molecule has 1 unspecified atom stereocenters. The molecular formula is C13H18FNO3. The van der Waals surface area contributed by atoms with Gasteiger partial charge in [0.2, 0.25) is 0 Å². The molecule has 0 aliphatic rings. The van der Waals surface area contributed by atoms with Gasteiger partial charge in [0.1, 0.15) is 0 Å². The minimum Gasteiger partial charge on any atom is -0.494 e. The molecule has 0 saturated heterocycles. The highest BCUT2D eigenvalue weighted by atomic mass is 19.1. The Labute approximate surface area is 106 Å². The number of rotatable bonds is 5. The van der Waals surface area contributed by atoms with Crippen molar-refractivity contribution in [3.05, 3.63) is 29.6 Å². The van der Waals surface area contributed by atoms with E-state index in [0.29, 0.717) is 18.5 Å². The number of ether oxygens (including phenoxy) is 1. The van der Waals surface area contributed by atoms with Gasteiger partial charge in [-0.15, -0.1) is 0 Å². The number of hydrogen-bond donors (Lipinski definition) is 1. The number of amides is 1. The van der Waals surface area contributed by atoms with E-state index in [1.165, 1.54) is 30.2 Å². The van der Waals surface area contributed by atoms with E-state index in [4.69, 9.17) is 9.84 Å². The van der Waals surface area contributed by atoms with E-state index in [1.807, 2.05) is 0 Å². The van der Waals surface area contributed by atoms with Gasteiger partial charge in [0.15, 0.2) is 11.6 Å². The monoisotopic (exact) mass is 255 g/mol. The molecule has 0 aliphatic heterocycles. The highest BCUT2D eigenvalue weighted by molar-refractivity contribution is 5.94. The van der Waals surface area contributed by atoms with Crippen molar-refractivity contribution in [2.24, 2.45) is 0 Å². The Kier molecular flexibility index (Phi) is 5.09. The van der Waals surface area contributed by atoms with Gasteiger partial charge in [0.25, 0.3) is 5.91 Å². The van der Waals surface area contributed by atoms with Crippen molar-refractivity contribution < 1.29 is 19.0 Å². The van der Waals surface area contributed by atoms with E-state index < -0.39 is 11.9 Å². The first-order chi connectivity index (χ1) is 8.45. The van der Waals surface area contributed by atoms with Crippen LogP contribution in [0.2, 0.25) is 0 Å². The number of aliphatic hydroxyl groups excluding tert-OH is 1. The second-order valence-electron chi connectivity index (χ2n) is 4.21. The van der Waals surface area contributed by atoms with E-state index >= 15 is 0 Å². The van der Waals surface area contributed by atoms with Crippen LogP contribution in [0.4, 0.5) is 4.39 Å². The van der Waals surface area contributed by atoms with Crippen LogP contribution in [0.3, 0.4) is 0 Å². The third kappa shape index (κ3) is 3.70. The lowest BCUT2D eigenvalue weighted by atomic mass is 10.1. The molecule has 1 amide bonds. The summed E-state index contributed by atoms with van der Waals surface area (Å²) in [5.74, 6) is -0.681. The highest BCUT2D eigenvalue weighted by Gasteiger charge is 2.14. The van der Waals surface area contributed by atoms with Crippen LogP contribution in [0.15, 0.2) is 18.2 Å². The van der Waals surface area contributed by atoms with Crippen LogP contribution < -0.4 is 4.74 Å². The lowest BCUT2D eigenvalue weighted by molar-refractivity contribution is 0.0768. The Bertz CT molecular complexity index is 421. The molecule has 1 aromatic carbocycles. The van der Waals surface area contributed by atoms with Crippen LogP contribution >= 0.6 is 0 Å². The summed E-state index contributed by atoms with van der Waals surface area (Å²) in [4.78, 5) is 13.5. The summed E-state index contributed by atoms with van der Waals surface area (Å²) in [6.07, 6.45) is 0.0450. The zero-order chi connectivity index (χ0) is 13.7. The first-order valence-electron chi connectivity index (χ1n) is 5.72. The zero-order valence-electron chi connectivity index (χ0n) is 10.8. The van der Waals surface area contributed by atoms with Gasteiger partial charge in [0, 0.05) is 19.2 Å². The molecule has 5 heteroatoms. The summed E-state index contributed by atoms with van der Waals surface area (Å²) in [5.41, 5.74) is 0.362. The molecule has 0 heterocycles. The summed E-state index contributed by atoms with van der Waals surface area (Å²) in [6.45, 7) is 2.11. The Morgan fingerprint density at radius 1 is 1.56 bits per heavy atom. The van der Waals surface area contributed by atoms with Crippen molar-refractivity contribution in [1.29, 1.82) is 0 Å². The fraction of sp³-hybridized carbons (Fsp3) is 0.462. The van der Waals surface area contributed by atoms with Crippen LogP contribution in [-0.2, 0) is 0 Å². The normalized spacial score (nSPS) is 12.1. The number of hydrogen-bond acceptors (Lipinski definition) is 3. The molecule has 0 bridgehead atoms. The fourth-order valence-electron chi connectivity index (χ4n) is 1.50. The maximum atomic E-state index is 13.2. The SMILES string of the molecule is COc1cc(C(=O)N(C)CCC(C)O)ccc1F. The maximum absolute atomic E-state index is 13.2. The van der Waals surface area contributed by atoms with E-state index in [9.17, 15) is 9.18 Å². The number of carbonyl (C=O) groups excluding carboxylic acids is 1. The number of nitrogens with zero attached hydrogens (tertiary/aromatic N) is 1. The average Bonchev–Trinajstić information content (AvgIpc) is 2.35. The molecule has 18 heavy (non-hydrogen) atoms. The Morgan fingerprint density at radius 3 is 2.78 bits per heavy atom. The highest BCUT2D eigenvalue weighted by Crippen LogP contribution is 2.19. The molecule has 0 spiro atoms. The van der Waals surface area contributed by atoms with Gasteiger partial charge in [-0.1, -0.05) is 0 Å². The number of methoxy groups -OCH3 is 1. The molecule has 4 nitrogen and oxygen atoms in total. The Hall–Kier alpha value is -1.62. The van der Waals surface area contributed by atoms with Crippen molar-refractivity contribution in [3.8, 4) is 5.75 Å². The van der Waals surface area contributed by atoms with Crippen molar-refractivity contribution in [2.45, 2.75) is 19.4 Å². The minimum atomic E-state index is -0.499. The van der Waals surface area contributed by atoms with E-state index in [-0.39, 0.29) is 11.7 Å². The molecule has 0 radical (unpaired) electrons. The molecular weight excluding hydrogens is 237 g/mol. The second-order valence-corrected chi connectivity index (χ2v) is 4.21. The predicted molar refractivity (Wildman–Crippen MR) is 66.2 cm³/mol. The van der Waals surface area contributed by atoms with Gasteiger partial charge in [-0.05, 0) is 31.5 Å². The van der Waals surface area contributed by atoms with Gasteiger partial charge in [-0.25, -0.2) is 4.39 Å². The molecule has 0 fully saturated rings. The third-order valence-corrected chi connectivity index (χ3v) is 2.63. The third-order valence-electron chi connectivity index (χ3n) is 2.63. The van der Waals surface area contributed by atoms with Crippen molar-refractivity contribution in [2.75, 3.05) is 20.7 Å². The summed E-state index contributed by atoms with van der Waals surface area (Å²) in [5, 5.41) is 9.16. The summed E-state index contributed by atoms with van der Waals surface area (Å²) < 4.78 is 18.0. The largest absolute Gasteiger partial charge is 0.494 e. The van der Waals surface area contributed by atoms with Crippen molar-refractivity contribution >= 4 is 5.91 Å². The summed E-state index contributed by atoms with van der Waals surface area (Å²) in [6, 6.07) is 3.99. The first-order valence-corrected chi connectivity index (χ1v) is 5.72. The number of carbonyl (C=O) groups is 1. The van der Waals surface area contributed by atoms with Crippen molar-refractivity contribution in [3.63, 3.8) is 0 Å². The smallest absolute Gasteiger partial charge is 0.253 e. The van der Waals surface area contributed by atoms with Crippen molar-refractivity contribution in [1.82, 2.24) is 4.90 Å². The number of benzene rings is 1. The lowest BCUT2D eigenvalue weighted by Gasteiger charge is -2.18. The van der Waals surface area contributed by atoms with Crippen LogP contribution in [-0.4, -0.2) is 42.7 Å². The predicted octanol–water partition coefficient (Wildman–Crippen LogP) is 1.68. The van der Waals surface area contributed by atoms with Crippen LogP contribution in [0.5, 0.6) is 5.75 Å². The molecule has 1 rings (SSSR count). The topological polar surface area (TPSA) is 49.8 Å². The lowest BCUT2D eigenvalue weighted by Crippen LogP contribution is -2.29. The van der Waals surface area contributed by atoms with Gasteiger partial charge < -0.3 is 14.7 Å². The average molecular weight is 255 g/mol. The molecule has 100 valence electrons. The van der Waals surface area contributed by atoms with Crippen LogP contribution in [0.1, 0.15) is 23.7 Å². The molecule has 1 aromatic rings.